The fourth-order valence-electron chi connectivity index (χ4n) is 1.79. The van der Waals surface area contributed by atoms with Crippen LogP contribution in [-0.4, -0.2) is 16.0 Å². The third kappa shape index (κ3) is 3.37. The number of nitrogens with zero attached hydrogens (tertiary/aromatic N) is 2. The Labute approximate surface area is 112 Å². The molecular weight excluding hydrogens is 242 g/mol. The van der Waals surface area contributed by atoms with Crippen molar-refractivity contribution in [3.8, 4) is 10.6 Å². The summed E-state index contributed by atoms with van der Waals surface area (Å²) >= 11 is 1.69. The summed E-state index contributed by atoms with van der Waals surface area (Å²) < 4.78 is 0. The number of aromatic nitrogens is 2. The number of aryl methyl sites for hydroxylation is 2. The zero-order valence-corrected chi connectivity index (χ0v) is 12.1. The van der Waals surface area contributed by atoms with Crippen molar-refractivity contribution in [3.05, 3.63) is 34.6 Å². The lowest BCUT2D eigenvalue weighted by molar-refractivity contribution is 0.583. The number of hydrogen-bond acceptors (Lipinski definition) is 4. The van der Waals surface area contributed by atoms with Gasteiger partial charge in [-0.3, -0.25) is 4.98 Å². The Morgan fingerprint density at radius 1 is 1.17 bits per heavy atom. The summed E-state index contributed by atoms with van der Waals surface area (Å²) in [4.78, 5) is 9.05. The number of pyridine rings is 1. The molecule has 2 aromatic rings. The summed E-state index contributed by atoms with van der Waals surface area (Å²) in [5, 5.41) is 6.58. The Morgan fingerprint density at radius 2 is 1.83 bits per heavy atom. The van der Waals surface area contributed by atoms with Gasteiger partial charge in [0.1, 0.15) is 5.01 Å². The van der Waals surface area contributed by atoms with Crippen molar-refractivity contribution in [1.29, 1.82) is 0 Å². The van der Waals surface area contributed by atoms with Gasteiger partial charge in [0.15, 0.2) is 0 Å². The van der Waals surface area contributed by atoms with Crippen LogP contribution in [0.2, 0.25) is 0 Å². The molecule has 0 aliphatic heterocycles. The second kappa shape index (κ2) is 5.59. The van der Waals surface area contributed by atoms with E-state index in [2.05, 4.69) is 46.6 Å². The number of hydrogen-bond donors (Lipinski definition) is 1. The Morgan fingerprint density at radius 3 is 2.44 bits per heavy atom. The lowest BCUT2D eigenvalue weighted by atomic mass is 10.2. The maximum Gasteiger partial charge on any atom is 0.123 e. The molecule has 0 aromatic carbocycles. The largest absolute Gasteiger partial charge is 0.309 e. The average molecular weight is 261 g/mol. The van der Waals surface area contributed by atoms with E-state index >= 15 is 0 Å². The number of thiazole rings is 1. The zero-order valence-electron chi connectivity index (χ0n) is 11.3. The van der Waals surface area contributed by atoms with Crippen LogP contribution in [0.15, 0.2) is 17.5 Å². The highest BCUT2D eigenvalue weighted by atomic mass is 32.1. The Balaban J connectivity index is 2.18. The Bertz CT molecular complexity index is 511. The van der Waals surface area contributed by atoms with Gasteiger partial charge in [-0.1, -0.05) is 13.8 Å². The predicted octanol–water partition coefficient (Wildman–Crippen LogP) is 3.32. The molecule has 0 aliphatic carbocycles. The van der Waals surface area contributed by atoms with E-state index in [9.17, 15) is 0 Å². The van der Waals surface area contributed by atoms with Crippen LogP contribution in [0.5, 0.6) is 0 Å². The van der Waals surface area contributed by atoms with Gasteiger partial charge in [0.2, 0.25) is 0 Å². The molecule has 0 spiro atoms. The van der Waals surface area contributed by atoms with E-state index in [1.165, 1.54) is 5.56 Å². The summed E-state index contributed by atoms with van der Waals surface area (Å²) in [7, 11) is 0. The molecule has 0 unspecified atom stereocenters. The Kier molecular flexibility index (Phi) is 4.09. The molecule has 96 valence electrons. The molecular formula is C14H19N3S. The average Bonchev–Trinajstić information content (AvgIpc) is 2.73. The first-order valence-corrected chi connectivity index (χ1v) is 7.06. The van der Waals surface area contributed by atoms with Crippen molar-refractivity contribution in [2.75, 3.05) is 0 Å². The van der Waals surface area contributed by atoms with Crippen LogP contribution in [0.25, 0.3) is 10.6 Å². The van der Waals surface area contributed by atoms with Crippen molar-refractivity contribution in [1.82, 2.24) is 15.3 Å². The SMILES string of the molecule is Cc1cc(-c2nc(CNC(C)C)cs2)cc(C)n1. The highest BCUT2D eigenvalue weighted by molar-refractivity contribution is 7.13. The van der Waals surface area contributed by atoms with Gasteiger partial charge in [-0.05, 0) is 26.0 Å². The van der Waals surface area contributed by atoms with E-state index in [4.69, 9.17) is 0 Å². The molecule has 0 fully saturated rings. The van der Waals surface area contributed by atoms with Gasteiger partial charge in [0.25, 0.3) is 0 Å². The van der Waals surface area contributed by atoms with Crippen LogP contribution < -0.4 is 5.32 Å². The summed E-state index contributed by atoms with van der Waals surface area (Å²) in [5.74, 6) is 0. The number of nitrogens with one attached hydrogen (secondary N) is 1. The lowest BCUT2D eigenvalue weighted by Crippen LogP contribution is -2.21. The minimum atomic E-state index is 0.487. The van der Waals surface area contributed by atoms with Crippen molar-refractivity contribution in [3.63, 3.8) is 0 Å². The van der Waals surface area contributed by atoms with E-state index in [0.29, 0.717) is 6.04 Å². The van der Waals surface area contributed by atoms with Crippen LogP contribution >= 0.6 is 11.3 Å². The minimum absolute atomic E-state index is 0.487. The standard InChI is InChI=1S/C14H19N3S/c1-9(2)15-7-13-8-18-14(17-13)12-5-10(3)16-11(4)6-12/h5-6,8-9,15H,7H2,1-4H3. The Hall–Kier alpha value is -1.26. The first kappa shape index (κ1) is 13.2. The number of rotatable bonds is 4. The summed E-state index contributed by atoms with van der Waals surface area (Å²) in [6, 6.07) is 4.66. The molecule has 0 atom stereocenters. The van der Waals surface area contributed by atoms with Gasteiger partial charge in [0.05, 0.1) is 5.69 Å². The molecule has 2 heterocycles. The van der Waals surface area contributed by atoms with Gasteiger partial charge >= 0.3 is 0 Å². The molecule has 0 saturated carbocycles. The fourth-order valence-corrected chi connectivity index (χ4v) is 2.59. The predicted molar refractivity (Wildman–Crippen MR) is 76.8 cm³/mol. The van der Waals surface area contributed by atoms with Crippen molar-refractivity contribution >= 4 is 11.3 Å². The highest BCUT2D eigenvalue weighted by Crippen LogP contribution is 2.24. The van der Waals surface area contributed by atoms with Crippen molar-refractivity contribution < 1.29 is 0 Å². The highest BCUT2D eigenvalue weighted by Gasteiger charge is 2.06. The molecule has 3 nitrogen and oxygen atoms in total. The van der Waals surface area contributed by atoms with E-state index in [0.717, 1.165) is 28.6 Å². The van der Waals surface area contributed by atoms with Crippen LogP contribution in [0.4, 0.5) is 0 Å². The first-order chi connectivity index (χ1) is 8.54. The van der Waals surface area contributed by atoms with Gasteiger partial charge in [-0.25, -0.2) is 4.98 Å². The zero-order chi connectivity index (χ0) is 13.1. The first-order valence-electron chi connectivity index (χ1n) is 6.18. The maximum atomic E-state index is 4.66. The van der Waals surface area contributed by atoms with Crippen LogP contribution in [0, 0.1) is 13.8 Å². The molecule has 2 rings (SSSR count). The quantitative estimate of drug-likeness (QED) is 0.917. The molecule has 1 N–H and O–H groups in total. The third-order valence-corrected chi connectivity index (χ3v) is 3.51. The molecule has 0 aliphatic rings. The lowest BCUT2D eigenvalue weighted by Gasteiger charge is -2.05. The second-order valence-electron chi connectivity index (χ2n) is 4.82. The van der Waals surface area contributed by atoms with E-state index in [1.54, 1.807) is 11.3 Å². The molecule has 0 bridgehead atoms. The summed E-state index contributed by atoms with van der Waals surface area (Å²) in [5.41, 5.74) is 4.36. The molecule has 2 aromatic heterocycles. The maximum absolute atomic E-state index is 4.66. The van der Waals surface area contributed by atoms with Gasteiger partial charge in [0, 0.05) is 34.9 Å². The van der Waals surface area contributed by atoms with Crippen LogP contribution in [0.1, 0.15) is 30.9 Å². The second-order valence-corrected chi connectivity index (χ2v) is 5.68. The van der Waals surface area contributed by atoms with Gasteiger partial charge in [-0.2, -0.15) is 0 Å². The normalized spacial score (nSPS) is 11.2. The molecule has 0 radical (unpaired) electrons. The van der Waals surface area contributed by atoms with Crippen molar-refractivity contribution in [2.45, 2.75) is 40.3 Å². The molecule has 4 heteroatoms. The van der Waals surface area contributed by atoms with Gasteiger partial charge < -0.3 is 5.32 Å². The summed E-state index contributed by atoms with van der Waals surface area (Å²) in [6.45, 7) is 9.15. The van der Waals surface area contributed by atoms with Crippen molar-refractivity contribution in [2.24, 2.45) is 0 Å². The molecule has 0 amide bonds. The summed E-state index contributed by atoms with van der Waals surface area (Å²) in [6.07, 6.45) is 0. The molecule has 18 heavy (non-hydrogen) atoms. The third-order valence-electron chi connectivity index (χ3n) is 2.57. The van der Waals surface area contributed by atoms with E-state index in [-0.39, 0.29) is 0 Å². The fraction of sp³-hybridized carbons (Fsp3) is 0.429. The topological polar surface area (TPSA) is 37.8 Å². The van der Waals surface area contributed by atoms with Gasteiger partial charge in [-0.15, -0.1) is 11.3 Å². The minimum Gasteiger partial charge on any atom is -0.309 e. The monoisotopic (exact) mass is 261 g/mol. The smallest absolute Gasteiger partial charge is 0.123 e. The van der Waals surface area contributed by atoms with Crippen LogP contribution in [-0.2, 0) is 6.54 Å². The van der Waals surface area contributed by atoms with E-state index in [1.807, 2.05) is 13.8 Å². The molecule has 0 saturated heterocycles. The van der Waals surface area contributed by atoms with Crippen LogP contribution in [0.3, 0.4) is 0 Å². The van der Waals surface area contributed by atoms with E-state index < -0.39 is 0 Å².